The lowest BCUT2D eigenvalue weighted by Gasteiger charge is -2.39. The highest BCUT2D eigenvalue weighted by Gasteiger charge is 2.42. The van der Waals surface area contributed by atoms with Gasteiger partial charge < -0.3 is 19.5 Å². The number of fused-ring (bicyclic) bond motifs is 3. The molecule has 0 aliphatic carbocycles. The number of aryl methyl sites for hydroxylation is 1. The van der Waals surface area contributed by atoms with E-state index in [1.165, 1.54) is 5.56 Å². The van der Waals surface area contributed by atoms with Gasteiger partial charge in [0.25, 0.3) is 0 Å². The zero-order valence-electron chi connectivity index (χ0n) is 19.1. The number of benzene rings is 3. The van der Waals surface area contributed by atoms with Gasteiger partial charge in [0.15, 0.2) is 0 Å². The van der Waals surface area contributed by atoms with Gasteiger partial charge in [-0.3, -0.25) is 0 Å². The van der Waals surface area contributed by atoms with E-state index in [4.69, 9.17) is 14.2 Å². The Kier molecular flexibility index (Phi) is 4.76. The minimum Gasteiger partial charge on any atom is -0.497 e. The number of methoxy groups -OCH3 is 2. The van der Waals surface area contributed by atoms with E-state index in [0.717, 1.165) is 45.2 Å². The van der Waals surface area contributed by atoms with Crippen molar-refractivity contribution in [2.45, 2.75) is 19.1 Å². The van der Waals surface area contributed by atoms with Crippen LogP contribution < -0.4 is 19.5 Å². The molecule has 1 aromatic heterocycles. The van der Waals surface area contributed by atoms with E-state index in [0.29, 0.717) is 5.95 Å². The van der Waals surface area contributed by atoms with Gasteiger partial charge in [-0.2, -0.15) is 10.1 Å². The maximum atomic E-state index is 6.67. The summed E-state index contributed by atoms with van der Waals surface area (Å²) in [4.78, 5) is 4.50. The Morgan fingerprint density at radius 3 is 2.59 bits per heavy atom. The molecule has 34 heavy (non-hydrogen) atoms. The zero-order valence-corrected chi connectivity index (χ0v) is 19.1. The molecule has 0 spiro atoms. The molecule has 3 heterocycles. The predicted octanol–water partition coefficient (Wildman–Crippen LogP) is 5.16. The molecule has 0 saturated carbocycles. The molecule has 1 N–H and O–H groups in total. The largest absolute Gasteiger partial charge is 0.497 e. The highest BCUT2D eigenvalue weighted by atomic mass is 16.5. The molecule has 0 unspecified atom stereocenters. The van der Waals surface area contributed by atoms with Crippen LogP contribution in [0.2, 0.25) is 0 Å². The monoisotopic (exact) mass is 452 g/mol. The van der Waals surface area contributed by atoms with Gasteiger partial charge in [0, 0.05) is 16.7 Å². The molecule has 0 bridgehead atoms. The van der Waals surface area contributed by atoms with Crippen LogP contribution in [0.25, 0.3) is 5.70 Å². The average Bonchev–Trinajstić information content (AvgIpc) is 3.35. The topological polar surface area (TPSA) is 70.4 Å². The van der Waals surface area contributed by atoms with Crippen molar-refractivity contribution in [3.63, 3.8) is 0 Å². The van der Waals surface area contributed by atoms with Crippen LogP contribution >= 0.6 is 0 Å². The standard InChI is InChI=1S/C27H24N4O3/c1-16-8-10-17(11-9-16)26-23-24(19-6-4-5-7-22(19)34-26)30-27-28-15-29-31(27)25(23)20-14-18(32-2)12-13-21(20)33-3/h4-15,25-26H,1-3H3,(H,28,29,30)/t25-,26+/m0/s1. The molecule has 3 aromatic carbocycles. The Bertz CT molecular complexity index is 1410. The van der Waals surface area contributed by atoms with Crippen molar-refractivity contribution in [2.24, 2.45) is 0 Å². The Labute approximate surface area is 197 Å². The van der Waals surface area contributed by atoms with Crippen LogP contribution in [0.1, 0.15) is 34.4 Å². The van der Waals surface area contributed by atoms with Crippen molar-refractivity contribution in [3.05, 3.63) is 101 Å². The fraction of sp³-hybridized carbons (Fsp3) is 0.185. The summed E-state index contributed by atoms with van der Waals surface area (Å²) in [5.74, 6) is 2.96. The third-order valence-electron chi connectivity index (χ3n) is 6.43. The molecule has 7 heteroatoms. The third-order valence-corrected chi connectivity index (χ3v) is 6.43. The predicted molar refractivity (Wildman–Crippen MR) is 129 cm³/mol. The number of ether oxygens (including phenoxy) is 3. The van der Waals surface area contributed by atoms with Gasteiger partial charge in [0.05, 0.1) is 19.9 Å². The molecule has 170 valence electrons. The first kappa shape index (κ1) is 20.4. The number of nitrogens with zero attached hydrogens (tertiary/aromatic N) is 3. The van der Waals surface area contributed by atoms with Gasteiger partial charge in [-0.15, -0.1) is 0 Å². The van der Waals surface area contributed by atoms with Crippen molar-refractivity contribution in [2.75, 3.05) is 19.5 Å². The normalized spacial score (nSPS) is 18.2. The Hall–Kier alpha value is -4.26. The molecular formula is C27H24N4O3. The van der Waals surface area contributed by atoms with Crippen molar-refractivity contribution < 1.29 is 14.2 Å². The Morgan fingerprint density at radius 1 is 0.971 bits per heavy atom. The van der Waals surface area contributed by atoms with Crippen LogP contribution in [0, 0.1) is 6.92 Å². The molecule has 0 fully saturated rings. The first-order valence-corrected chi connectivity index (χ1v) is 11.1. The molecular weight excluding hydrogens is 428 g/mol. The van der Waals surface area contributed by atoms with Crippen LogP contribution in [-0.2, 0) is 0 Å². The minimum atomic E-state index is -0.337. The second kappa shape index (κ2) is 7.95. The molecule has 2 atom stereocenters. The lowest BCUT2D eigenvalue weighted by atomic mass is 9.84. The van der Waals surface area contributed by atoms with E-state index in [1.54, 1.807) is 20.5 Å². The van der Waals surface area contributed by atoms with Crippen LogP contribution in [0.4, 0.5) is 5.95 Å². The molecule has 0 radical (unpaired) electrons. The number of para-hydroxylation sites is 1. The van der Waals surface area contributed by atoms with Crippen LogP contribution in [0.15, 0.2) is 78.6 Å². The summed E-state index contributed by atoms with van der Waals surface area (Å²) in [7, 11) is 3.34. The smallest absolute Gasteiger partial charge is 0.226 e. The van der Waals surface area contributed by atoms with Crippen molar-refractivity contribution >= 4 is 11.6 Å². The minimum absolute atomic E-state index is 0.321. The van der Waals surface area contributed by atoms with Gasteiger partial charge in [-0.1, -0.05) is 42.0 Å². The number of nitrogens with one attached hydrogen (secondary N) is 1. The molecule has 2 aliphatic heterocycles. The van der Waals surface area contributed by atoms with Gasteiger partial charge >= 0.3 is 0 Å². The second-order valence-corrected chi connectivity index (χ2v) is 8.40. The first-order chi connectivity index (χ1) is 16.7. The van der Waals surface area contributed by atoms with E-state index in [1.807, 2.05) is 41.1 Å². The van der Waals surface area contributed by atoms with E-state index in [-0.39, 0.29) is 12.1 Å². The number of aromatic nitrogens is 3. The van der Waals surface area contributed by atoms with E-state index < -0.39 is 0 Å². The quantitative estimate of drug-likeness (QED) is 0.461. The Morgan fingerprint density at radius 2 is 1.79 bits per heavy atom. The van der Waals surface area contributed by atoms with Crippen molar-refractivity contribution in [1.29, 1.82) is 0 Å². The van der Waals surface area contributed by atoms with Crippen molar-refractivity contribution in [3.8, 4) is 17.2 Å². The molecule has 0 saturated heterocycles. The van der Waals surface area contributed by atoms with Gasteiger partial charge in [-0.25, -0.2) is 4.68 Å². The van der Waals surface area contributed by atoms with Crippen LogP contribution in [0.3, 0.4) is 0 Å². The lowest BCUT2D eigenvalue weighted by molar-refractivity contribution is 0.222. The second-order valence-electron chi connectivity index (χ2n) is 8.40. The van der Waals surface area contributed by atoms with E-state index in [2.05, 4.69) is 52.7 Å². The third kappa shape index (κ3) is 3.12. The highest BCUT2D eigenvalue weighted by molar-refractivity contribution is 5.85. The molecule has 2 aliphatic rings. The summed E-state index contributed by atoms with van der Waals surface area (Å²) in [6, 6.07) is 22.0. The SMILES string of the molecule is COc1ccc(OC)c([C@H]2C3=C(Nc4ncnn42)c2ccccc2O[C@@H]3c2ccc(C)cc2)c1. The fourth-order valence-corrected chi connectivity index (χ4v) is 4.79. The average molecular weight is 453 g/mol. The molecule has 7 nitrogen and oxygen atoms in total. The van der Waals surface area contributed by atoms with E-state index >= 15 is 0 Å². The van der Waals surface area contributed by atoms with Gasteiger partial charge in [0.2, 0.25) is 5.95 Å². The van der Waals surface area contributed by atoms with Gasteiger partial charge in [-0.05, 0) is 42.8 Å². The maximum absolute atomic E-state index is 6.67. The zero-order chi connectivity index (χ0) is 23.2. The number of anilines is 1. The van der Waals surface area contributed by atoms with E-state index in [9.17, 15) is 0 Å². The van der Waals surface area contributed by atoms with Gasteiger partial charge in [0.1, 0.15) is 35.7 Å². The molecule has 6 rings (SSSR count). The molecule has 0 amide bonds. The Balaban J connectivity index is 1.65. The summed E-state index contributed by atoms with van der Waals surface area (Å²) in [6.45, 7) is 2.08. The first-order valence-electron chi connectivity index (χ1n) is 11.1. The lowest BCUT2D eigenvalue weighted by Crippen LogP contribution is -2.32. The number of hydrogen-bond donors (Lipinski definition) is 1. The summed E-state index contributed by atoms with van der Waals surface area (Å²) >= 11 is 0. The summed E-state index contributed by atoms with van der Waals surface area (Å²) in [5.41, 5.74) is 6.17. The summed E-state index contributed by atoms with van der Waals surface area (Å²) in [5, 5.41) is 8.12. The number of hydrogen-bond acceptors (Lipinski definition) is 6. The van der Waals surface area contributed by atoms with Crippen LogP contribution in [0.5, 0.6) is 17.2 Å². The van der Waals surface area contributed by atoms with Crippen molar-refractivity contribution in [1.82, 2.24) is 14.8 Å². The fourth-order valence-electron chi connectivity index (χ4n) is 4.79. The molecule has 4 aromatic rings. The maximum Gasteiger partial charge on any atom is 0.226 e. The summed E-state index contributed by atoms with van der Waals surface area (Å²) < 4.78 is 19.9. The van der Waals surface area contributed by atoms with Crippen LogP contribution in [-0.4, -0.2) is 29.0 Å². The highest BCUT2D eigenvalue weighted by Crippen LogP contribution is 2.52. The number of rotatable bonds is 4. The summed E-state index contributed by atoms with van der Waals surface area (Å²) in [6.07, 6.45) is 1.23.